The molecule has 2 fully saturated rings. The normalized spacial score (nSPS) is 21.1. The Morgan fingerprint density at radius 3 is 2.56 bits per heavy atom. The van der Waals surface area contributed by atoms with Gasteiger partial charge in [-0.1, -0.05) is 41.4 Å². The zero-order chi connectivity index (χ0) is 35.2. The van der Waals surface area contributed by atoms with Crippen molar-refractivity contribution in [2.24, 2.45) is 17.9 Å². The van der Waals surface area contributed by atoms with Gasteiger partial charge in [0.2, 0.25) is 0 Å². The summed E-state index contributed by atoms with van der Waals surface area (Å²) < 4.78 is 12.4. The van der Waals surface area contributed by atoms with E-state index < -0.39 is 0 Å². The van der Waals surface area contributed by atoms with Crippen molar-refractivity contribution in [3.05, 3.63) is 81.5 Å². The van der Waals surface area contributed by atoms with E-state index in [0.717, 1.165) is 75.7 Å². The second kappa shape index (κ2) is 13.5. The summed E-state index contributed by atoms with van der Waals surface area (Å²) in [5, 5.41) is 3.67. The molecule has 2 aromatic heterocycles. The molecule has 1 aliphatic heterocycles. The van der Waals surface area contributed by atoms with Crippen LogP contribution in [-0.2, 0) is 29.5 Å². The molecule has 7 rings (SSSR count). The first-order chi connectivity index (χ1) is 24.1. The Morgan fingerprint density at radius 1 is 1.04 bits per heavy atom. The number of ether oxygens (including phenoxy) is 2. The number of rotatable bonds is 10. The van der Waals surface area contributed by atoms with E-state index in [1.54, 1.807) is 42.6 Å². The summed E-state index contributed by atoms with van der Waals surface area (Å²) in [6.45, 7) is 2.51. The van der Waals surface area contributed by atoms with E-state index in [-0.39, 0.29) is 22.7 Å². The van der Waals surface area contributed by atoms with Crippen molar-refractivity contribution in [1.29, 1.82) is 0 Å². The molecular formula is C38H39Cl2N5O5. The van der Waals surface area contributed by atoms with Crippen LogP contribution in [0.2, 0.25) is 10.0 Å². The van der Waals surface area contributed by atoms with Crippen LogP contribution in [0.3, 0.4) is 0 Å². The first-order valence-electron chi connectivity index (χ1n) is 16.8. The second-order valence-corrected chi connectivity index (χ2v) is 14.6. The number of hydrogen-bond donors (Lipinski definition) is 1. The molecule has 0 spiro atoms. The molecule has 260 valence electrons. The highest BCUT2D eigenvalue weighted by Crippen LogP contribution is 2.63. The summed E-state index contributed by atoms with van der Waals surface area (Å²) in [4.78, 5) is 49.3. The number of pyridine rings is 1. The van der Waals surface area contributed by atoms with Gasteiger partial charge in [-0.15, -0.1) is 0 Å². The molecule has 3 aliphatic rings. The number of fused-ring (bicyclic) bond motifs is 3. The largest absolute Gasteiger partial charge is 0.496 e. The third-order valence-electron chi connectivity index (χ3n) is 11.2. The van der Waals surface area contributed by atoms with E-state index in [2.05, 4.69) is 15.2 Å². The van der Waals surface area contributed by atoms with E-state index in [0.29, 0.717) is 61.8 Å². The summed E-state index contributed by atoms with van der Waals surface area (Å²) in [6.07, 6.45) is 9.18. The topological polar surface area (TPSA) is 116 Å². The van der Waals surface area contributed by atoms with Crippen LogP contribution in [0.5, 0.6) is 5.75 Å². The number of carbonyl (C=O) groups is 3. The van der Waals surface area contributed by atoms with Crippen LogP contribution >= 0.6 is 23.2 Å². The Hall–Kier alpha value is -4.25. The number of nitrogens with zero attached hydrogens (tertiary/aromatic N) is 4. The van der Waals surface area contributed by atoms with Gasteiger partial charge in [-0.05, 0) is 74.8 Å². The Bertz CT molecular complexity index is 2000. The first kappa shape index (κ1) is 34.2. The van der Waals surface area contributed by atoms with Gasteiger partial charge in [0.05, 0.1) is 52.3 Å². The number of halogens is 2. The summed E-state index contributed by atoms with van der Waals surface area (Å²) in [5.41, 5.74) is 5.20. The van der Waals surface area contributed by atoms with E-state index in [4.69, 9.17) is 37.7 Å². The van der Waals surface area contributed by atoms with Crippen molar-refractivity contribution >= 4 is 47.1 Å². The highest BCUT2D eigenvalue weighted by Gasteiger charge is 2.58. The van der Waals surface area contributed by atoms with Crippen LogP contribution in [0.15, 0.2) is 48.7 Å². The minimum absolute atomic E-state index is 0.0395. The minimum atomic E-state index is -0.355. The quantitative estimate of drug-likeness (QED) is 0.133. The summed E-state index contributed by atoms with van der Waals surface area (Å²) >= 11 is 13.8. The number of benzene rings is 2. The molecule has 2 aromatic carbocycles. The molecule has 12 heteroatoms. The molecule has 2 bridgehead atoms. The van der Waals surface area contributed by atoms with Crippen molar-refractivity contribution in [3.8, 4) is 28.1 Å². The van der Waals surface area contributed by atoms with Gasteiger partial charge < -0.3 is 19.4 Å². The fraction of sp³-hybridized carbons (Fsp3) is 0.395. The zero-order valence-corrected chi connectivity index (χ0v) is 29.9. The van der Waals surface area contributed by atoms with Crippen LogP contribution in [-0.4, -0.2) is 64.9 Å². The average molecular weight is 717 g/mol. The Labute approximate surface area is 301 Å². The molecule has 3 heterocycles. The minimum Gasteiger partial charge on any atom is -0.496 e. The smallest absolute Gasteiger partial charge is 0.311 e. The molecule has 4 aromatic rings. The van der Waals surface area contributed by atoms with Gasteiger partial charge in [0, 0.05) is 55.1 Å². The van der Waals surface area contributed by atoms with Crippen LogP contribution in [0.1, 0.15) is 70.9 Å². The maximum absolute atomic E-state index is 13.7. The number of carbonyl (C=O) groups excluding carboxylic acids is 3. The maximum atomic E-state index is 13.7. The number of nitrogens with one attached hydrogen (secondary N) is 1. The molecular weight excluding hydrogens is 677 g/mol. The van der Waals surface area contributed by atoms with Crippen molar-refractivity contribution in [1.82, 2.24) is 19.4 Å². The van der Waals surface area contributed by atoms with Crippen molar-refractivity contribution < 1.29 is 23.9 Å². The standard InChI is InChI=1S/C38H39Cl2N5O5/c1-44-29-10-17-45(18-15-37-11-13-38(22-37,14-12-37)36(48)50-3)20-28(29)42-34(44)35(47)43-27-6-4-5-25(31(27)39)26-9-16-41-33(32(26)40)23-7-8-24(21-46)30(19-23)49-2/h4-9,16,19,21H,10-15,17-18,20,22H2,1-3H3,(H,43,47). The average Bonchev–Trinajstić information content (AvgIpc) is 3.82. The molecule has 0 atom stereocenters. The van der Waals surface area contributed by atoms with Gasteiger partial charge in [0.25, 0.3) is 5.91 Å². The molecule has 2 aliphatic carbocycles. The van der Waals surface area contributed by atoms with Gasteiger partial charge in [-0.25, -0.2) is 4.98 Å². The Morgan fingerprint density at radius 2 is 1.82 bits per heavy atom. The van der Waals surface area contributed by atoms with Crippen molar-refractivity contribution in [2.45, 2.75) is 51.5 Å². The van der Waals surface area contributed by atoms with E-state index in [1.807, 2.05) is 17.7 Å². The predicted molar refractivity (Wildman–Crippen MR) is 192 cm³/mol. The van der Waals surface area contributed by atoms with Gasteiger partial charge in [-0.2, -0.15) is 0 Å². The third-order valence-corrected chi connectivity index (χ3v) is 11.9. The number of methoxy groups -OCH3 is 2. The number of esters is 1. The van der Waals surface area contributed by atoms with Gasteiger partial charge in [-0.3, -0.25) is 24.3 Å². The van der Waals surface area contributed by atoms with Gasteiger partial charge in [0.1, 0.15) is 5.75 Å². The summed E-state index contributed by atoms with van der Waals surface area (Å²) in [5.74, 6) is 0.342. The number of anilines is 1. The molecule has 10 nitrogen and oxygen atoms in total. The number of amides is 1. The fourth-order valence-corrected chi connectivity index (χ4v) is 8.95. The van der Waals surface area contributed by atoms with E-state index >= 15 is 0 Å². The predicted octanol–water partition coefficient (Wildman–Crippen LogP) is 7.40. The number of aldehydes is 1. The van der Waals surface area contributed by atoms with Crippen LogP contribution in [0.25, 0.3) is 22.4 Å². The highest BCUT2D eigenvalue weighted by atomic mass is 35.5. The number of hydrogen-bond acceptors (Lipinski definition) is 8. The number of aromatic nitrogens is 3. The molecule has 0 unspecified atom stereocenters. The molecule has 1 amide bonds. The van der Waals surface area contributed by atoms with E-state index in [1.165, 1.54) is 14.2 Å². The summed E-state index contributed by atoms with van der Waals surface area (Å²) in [7, 11) is 4.88. The molecule has 0 saturated heterocycles. The lowest BCUT2D eigenvalue weighted by molar-refractivity contribution is -0.152. The fourth-order valence-electron chi connectivity index (χ4n) is 8.36. The second-order valence-electron chi connectivity index (χ2n) is 13.8. The third kappa shape index (κ3) is 5.97. The lowest BCUT2D eigenvalue weighted by Gasteiger charge is -2.32. The molecule has 2 saturated carbocycles. The van der Waals surface area contributed by atoms with Crippen molar-refractivity contribution in [3.63, 3.8) is 0 Å². The molecule has 1 N–H and O–H groups in total. The first-order valence-corrected chi connectivity index (χ1v) is 17.6. The lowest BCUT2D eigenvalue weighted by Crippen LogP contribution is -2.34. The van der Waals surface area contributed by atoms with E-state index in [9.17, 15) is 14.4 Å². The Balaban J connectivity index is 1.06. The summed E-state index contributed by atoms with van der Waals surface area (Å²) in [6, 6.07) is 12.3. The lowest BCUT2D eigenvalue weighted by atomic mass is 9.80. The van der Waals surface area contributed by atoms with Gasteiger partial charge in [0.15, 0.2) is 12.1 Å². The zero-order valence-electron chi connectivity index (χ0n) is 28.4. The molecule has 0 radical (unpaired) electrons. The Kier molecular flexibility index (Phi) is 9.21. The monoisotopic (exact) mass is 715 g/mol. The SMILES string of the molecule is COC(=O)C12CCC(CCN3CCc4c(nc(C(=O)Nc5cccc(-c6ccnc(-c7ccc(C=O)c(OC)c7)c6Cl)c5Cl)n4C)C3)(CC1)C2. The van der Waals surface area contributed by atoms with Gasteiger partial charge >= 0.3 is 5.97 Å². The van der Waals surface area contributed by atoms with Crippen LogP contribution in [0, 0.1) is 10.8 Å². The van der Waals surface area contributed by atoms with Crippen LogP contribution < -0.4 is 10.1 Å². The number of imidazole rings is 1. The maximum Gasteiger partial charge on any atom is 0.311 e. The van der Waals surface area contributed by atoms with Crippen molar-refractivity contribution in [2.75, 3.05) is 32.6 Å². The molecule has 50 heavy (non-hydrogen) atoms. The highest BCUT2D eigenvalue weighted by molar-refractivity contribution is 6.39. The van der Waals surface area contributed by atoms with Crippen LogP contribution in [0.4, 0.5) is 5.69 Å².